The van der Waals surface area contributed by atoms with Gasteiger partial charge in [-0.25, -0.2) is 0 Å². The van der Waals surface area contributed by atoms with Crippen molar-refractivity contribution < 1.29 is 4.74 Å². The fourth-order valence-electron chi connectivity index (χ4n) is 3.90. The van der Waals surface area contributed by atoms with Crippen LogP contribution in [0.25, 0.3) is 6.08 Å². The molecule has 0 radical (unpaired) electrons. The van der Waals surface area contributed by atoms with Crippen LogP contribution in [0.1, 0.15) is 55.7 Å². The maximum absolute atomic E-state index is 5.58. The van der Waals surface area contributed by atoms with E-state index >= 15 is 0 Å². The van der Waals surface area contributed by atoms with Gasteiger partial charge in [-0.15, -0.1) is 0 Å². The maximum Gasteiger partial charge on any atom is 0.122 e. The van der Waals surface area contributed by atoms with E-state index in [1.165, 1.54) is 68.3 Å². The van der Waals surface area contributed by atoms with Gasteiger partial charge in [0.25, 0.3) is 0 Å². The number of rotatable bonds is 5. The average molecular weight is 299 g/mol. The van der Waals surface area contributed by atoms with Crippen LogP contribution in [-0.4, -0.2) is 31.6 Å². The highest BCUT2D eigenvalue weighted by Gasteiger charge is 2.17. The molecule has 1 fully saturated rings. The number of fused-ring (bicyclic) bond motifs is 1. The smallest absolute Gasteiger partial charge is 0.122 e. The fourth-order valence-corrected chi connectivity index (χ4v) is 3.90. The van der Waals surface area contributed by atoms with Crippen molar-refractivity contribution in [3.05, 3.63) is 34.4 Å². The van der Waals surface area contributed by atoms with Crippen molar-refractivity contribution in [1.29, 1.82) is 0 Å². The van der Waals surface area contributed by atoms with Gasteiger partial charge in [0.05, 0.1) is 7.11 Å². The van der Waals surface area contributed by atoms with E-state index in [0.717, 1.165) is 18.7 Å². The first kappa shape index (κ1) is 15.6. The first-order valence-electron chi connectivity index (χ1n) is 8.92. The van der Waals surface area contributed by atoms with Crippen molar-refractivity contribution in [2.45, 2.75) is 51.9 Å². The van der Waals surface area contributed by atoms with Gasteiger partial charge in [-0.3, -0.25) is 4.90 Å². The quantitative estimate of drug-likeness (QED) is 0.795. The average Bonchev–Trinajstić information content (AvgIpc) is 3.07. The molecule has 2 heteroatoms. The van der Waals surface area contributed by atoms with Crippen LogP contribution in [0.5, 0.6) is 5.75 Å². The third kappa shape index (κ3) is 3.38. The van der Waals surface area contributed by atoms with Gasteiger partial charge >= 0.3 is 0 Å². The standard InChI is InChI=1S/C20H29NO/c1-3-16(15-21-12-6-7-13-21)14-17-10-11-20(22-2)19-9-5-4-8-18(17)19/h10-11,14H,3-9,12-13,15H2,1-2H3/b16-14+. The second kappa shape index (κ2) is 7.32. The third-order valence-corrected chi connectivity index (χ3v) is 5.19. The summed E-state index contributed by atoms with van der Waals surface area (Å²) >= 11 is 0. The number of hydrogen-bond donors (Lipinski definition) is 0. The molecule has 1 aliphatic heterocycles. The number of likely N-dealkylation sites (tertiary alicyclic amines) is 1. The maximum atomic E-state index is 5.58. The molecule has 1 aliphatic carbocycles. The lowest BCUT2D eigenvalue weighted by molar-refractivity contribution is 0.366. The normalized spacial score (nSPS) is 19.3. The molecule has 1 saturated heterocycles. The number of ether oxygens (including phenoxy) is 1. The Balaban J connectivity index is 1.87. The lowest BCUT2D eigenvalue weighted by Gasteiger charge is -2.22. The zero-order valence-corrected chi connectivity index (χ0v) is 14.2. The predicted molar refractivity (Wildman–Crippen MR) is 93.6 cm³/mol. The molecule has 3 rings (SSSR count). The first-order valence-corrected chi connectivity index (χ1v) is 8.92. The molecule has 0 unspecified atom stereocenters. The van der Waals surface area contributed by atoms with Crippen molar-refractivity contribution in [3.63, 3.8) is 0 Å². The Morgan fingerprint density at radius 1 is 1.09 bits per heavy atom. The van der Waals surface area contributed by atoms with Gasteiger partial charge in [0.1, 0.15) is 5.75 Å². The van der Waals surface area contributed by atoms with Crippen molar-refractivity contribution in [1.82, 2.24) is 4.90 Å². The summed E-state index contributed by atoms with van der Waals surface area (Å²) in [6, 6.07) is 4.43. The molecular formula is C20H29NO. The highest BCUT2D eigenvalue weighted by molar-refractivity contribution is 5.62. The SMILES string of the molecule is CC/C(=C\c1ccc(OC)c2c1CCCC2)CN1CCCC1. The van der Waals surface area contributed by atoms with Crippen LogP contribution in [0.15, 0.2) is 17.7 Å². The van der Waals surface area contributed by atoms with Gasteiger partial charge in [-0.2, -0.15) is 0 Å². The van der Waals surface area contributed by atoms with Crippen LogP contribution < -0.4 is 4.74 Å². The molecule has 0 spiro atoms. The second-order valence-corrected chi connectivity index (χ2v) is 6.66. The van der Waals surface area contributed by atoms with E-state index < -0.39 is 0 Å². The van der Waals surface area contributed by atoms with Gasteiger partial charge in [-0.05, 0) is 80.8 Å². The Bertz CT molecular complexity index is 541. The molecule has 0 atom stereocenters. The number of methoxy groups -OCH3 is 1. The summed E-state index contributed by atoms with van der Waals surface area (Å²) in [6.07, 6.45) is 11.3. The van der Waals surface area contributed by atoms with E-state index in [2.05, 4.69) is 30.0 Å². The van der Waals surface area contributed by atoms with Crippen molar-refractivity contribution in [2.75, 3.05) is 26.7 Å². The summed E-state index contributed by atoms with van der Waals surface area (Å²) in [7, 11) is 1.80. The summed E-state index contributed by atoms with van der Waals surface area (Å²) in [5.74, 6) is 1.09. The van der Waals surface area contributed by atoms with Gasteiger partial charge in [0, 0.05) is 6.54 Å². The summed E-state index contributed by atoms with van der Waals surface area (Å²) in [6.45, 7) is 5.99. The van der Waals surface area contributed by atoms with E-state index in [9.17, 15) is 0 Å². The lowest BCUT2D eigenvalue weighted by Crippen LogP contribution is -2.21. The lowest BCUT2D eigenvalue weighted by atomic mass is 9.86. The molecule has 2 nitrogen and oxygen atoms in total. The molecule has 1 aromatic carbocycles. The van der Waals surface area contributed by atoms with Crippen LogP contribution in [0, 0.1) is 0 Å². The molecule has 0 aromatic heterocycles. The molecule has 0 N–H and O–H groups in total. The second-order valence-electron chi connectivity index (χ2n) is 6.66. The Morgan fingerprint density at radius 3 is 2.50 bits per heavy atom. The molecule has 1 aromatic rings. The monoisotopic (exact) mass is 299 g/mol. The van der Waals surface area contributed by atoms with Crippen LogP contribution in [0.2, 0.25) is 0 Å². The minimum absolute atomic E-state index is 1.09. The largest absolute Gasteiger partial charge is 0.496 e. The van der Waals surface area contributed by atoms with Crippen LogP contribution in [0.3, 0.4) is 0 Å². The number of benzene rings is 1. The van der Waals surface area contributed by atoms with Gasteiger partial charge in [-0.1, -0.05) is 24.6 Å². The molecular weight excluding hydrogens is 270 g/mol. The Labute approximate surface area is 135 Å². The highest BCUT2D eigenvalue weighted by atomic mass is 16.5. The summed E-state index contributed by atoms with van der Waals surface area (Å²) < 4.78 is 5.58. The summed E-state index contributed by atoms with van der Waals surface area (Å²) in [4.78, 5) is 2.60. The van der Waals surface area contributed by atoms with Gasteiger partial charge in [0.15, 0.2) is 0 Å². The molecule has 0 bridgehead atoms. The molecule has 0 saturated carbocycles. The zero-order chi connectivity index (χ0) is 15.4. The van der Waals surface area contributed by atoms with Gasteiger partial charge in [0.2, 0.25) is 0 Å². The van der Waals surface area contributed by atoms with Crippen LogP contribution >= 0.6 is 0 Å². The number of nitrogens with zero attached hydrogens (tertiary/aromatic N) is 1. The molecule has 1 heterocycles. The minimum Gasteiger partial charge on any atom is -0.496 e. The first-order chi connectivity index (χ1) is 10.8. The van der Waals surface area contributed by atoms with Crippen molar-refractivity contribution in [3.8, 4) is 5.75 Å². The van der Waals surface area contributed by atoms with Crippen LogP contribution in [-0.2, 0) is 12.8 Å². The van der Waals surface area contributed by atoms with E-state index in [-0.39, 0.29) is 0 Å². The molecule has 2 aliphatic rings. The van der Waals surface area contributed by atoms with E-state index in [4.69, 9.17) is 4.74 Å². The van der Waals surface area contributed by atoms with E-state index in [0.29, 0.717) is 0 Å². The van der Waals surface area contributed by atoms with Crippen molar-refractivity contribution in [2.24, 2.45) is 0 Å². The third-order valence-electron chi connectivity index (χ3n) is 5.19. The molecule has 120 valence electrons. The van der Waals surface area contributed by atoms with Crippen molar-refractivity contribution >= 4 is 6.08 Å². The fraction of sp³-hybridized carbons (Fsp3) is 0.600. The summed E-state index contributed by atoms with van der Waals surface area (Å²) in [5.41, 5.74) is 6.00. The zero-order valence-electron chi connectivity index (χ0n) is 14.2. The Morgan fingerprint density at radius 2 is 1.82 bits per heavy atom. The Hall–Kier alpha value is -1.28. The molecule has 0 amide bonds. The van der Waals surface area contributed by atoms with E-state index in [1.807, 2.05) is 0 Å². The minimum atomic E-state index is 1.09. The molecule has 22 heavy (non-hydrogen) atoms. The summed E-state index contributed by atoms with van der Waals surface area (Å²) in [5, 5.41) is 0. The number of hydrogen-bond acceptors (Lipinski definition) is 2. The van der Waals surface area contributed by atoms with E-state index in [1.54, 1.807) is 12.7 Å². The topological polar surface area (TPSA) is 12.5 Å². The van der Waals surface area contributed by atoms with Crippen LogP contribution in [0.4, 0.5) is 0 Å². The highest BCUT2D eigenvalue weighted by Crippen LogP contribution is 2.33. The Kier molecular flexibility index (Phi) is 5.20. The van der Waals surface area contributed by atoms with Gasteiger partial charge < -0.3 is 4.74 Å². The predicted octanol–water partition coefficient (Wildman–Crippen LogP) is 4.46.